The van der Waals surface area contributed by atoms with E-state index in [-0.39, 0.29) is 30.1 Å². The molecular weight excluding hydrogens is 316 g/mol. The van der Waals surface area contributed by atoms with E-state index in [1.165, 1.54) is 0 Å². The summed E-state index contributed by atoms with van der Waals surface area (Å²) in [5.41, 5.74) is 0.841. The summed E-state index contributed by atoms with van der Waals surface area (Å²) in [5.74, 6) is 1.50. The Balaban J connectivity index is 2.22. The Morgan fingerprint density at radius 3 is 2.68 bits per heavy atom. The van der Waals surface area contributed by atoms with Crippen molar-refractivity contribution in [3.8, 4) is 5.75 Å². The molecule has 0 spiro atoms. The van der Waals surface area contributed by atoms with Crippen LogP contribution >= 0.6 is 0 Å². The van der Waals surface area contributed by atoms with Gasteiger partial charge >= 0.3 is 0 Å². The van der Waals surface area contributed by atoms with Gasteiger partial charge in [0.1, 0.15) is 17.9 Å². The van der Waals surface area contributed by atoms with Gasteiger partial charge in [-0.1, -0.05) is 18.2 Å². The Labute approximate surface area is 150 Å². The molecule has 1 atom stereocenters. The minimum absolute atomic E-state index is 0.0300. The number of hydrogen-bond acceptors (Lipinski definition) is 3. The van der Waals surface area contributed by atoms with E-state index in [4.69, 9.17) is 4.74 Å². The predicted octanol–water partition coefficient (Wildman–Crippen LogP) is 2.32. The van der Waals surface area contributed by atoms with Gasteiger partial charge < -0.3 is 20.3 Å². The number of hydrogen-bond donors (Lipinski definition) is 2. The first-order valence-electron chi connectivity index (χ1n) is 8.73. The van der Waals surface area contributed by atoms with Gasteiger partial charge in [0.25, 0.3) is 0 Å². The summed E-state index contributed by atoms with van der Waals surface area (Å²) in [7, 11) is 3.47. The van der Waals surface area contributed by atoms with E-state index in [0.717, 1.165) is 17.7 Å². The second kappa shape index (κ2) is 7.76. The fraction of sp³-hybridized carbons (Fsp3) is 0.579. The molecule has 1 aromatic carbocycles. The highest BCUT2D eigenvalue weighted by Gasteiger charge is 2.34. The Morgan fingerprint density at radius 2 is 2.04 bits per heavy atom. The van der Waals surface area contributed by atoms with Crippen LogP contribution in [0.3, 0.4) is 0 Å². The van der Waals surface area contributed by atoms with Crippen LogP contribution in [0.5, 0.6) is 5.75 Å². The number of carbonyl (C=O) groups excluding carboxylic acids is 1. The van der Waals surface area contributed by atoms with Crippen molar-refractivity contribution in [3.63, 3.8) is 0 Å². The Kier molecular flexibility index (Phi) is 5.93. The maximum absolute atomic E-state index is 11.9. The molecule has 0 radical (unpaired) electrons. The van der Waals surface area contributed by atoms with Gasteiger partial charge in [-0.2, -0.15) is 0 Å². The van der Waals surface area contributed by atoms with Gasteiger partial charge in [-0.25, -0.2) is 4.99 Å². The van der Waals surface area contributed by atoms with E-state index in [2.05, 4.69) is 35.5 Å². The molecular formula is C19H30N4O2. The quantitative estimate of drug-likeness (QED) is 0.649. The Morgan fingerprint density at radius 1 is 1.36 bits per heavy atom. The second-order valence-electron chi connectivity index (χ2n) is 7.55. The van der Waals surface area contributed by atoms with Crippen molar-refractivity contribution in [1.82, 2.24) is 15.5 Å². The Hall–Kier alpha value is -2.24. The van der Waals surface area contributed by atoms with Crippen LogP contribution in [-0.4, -0.2) is 49.0 Å². The van der Waals surface area contributed by atoms with Gasteiger partial charge in [0.05, 0.1) is 6.04 Å². The lowest BCUT2D eigenvalue weighted by Gasteiger charge is -2.38. The predicted molar refractivity (Wildman–Crippen MR) is 101 cm³/mol. The number of rotatable bonds is 4. The third-order valence-electron chi connectivity index (χ3n) is 3.98. The molecule has 0 aliphatic carbocycles. The highest BCUT2D eigenvalue weighted by Crippen LogP contribution is 2.39. The number of fused-ring (bicyclic) bond motifs is 1. The van der Waals surface area contributed by atoms with Crippen molar-refractivity contribution in [2.24, 2.45) is 4.99 Å². The lowest BCUT2D eigenvalue weighted by atomic mass is 9.90. The molecule has 1 aliphatic heterocycles. The molecule has 2 rings (SSSR count). The number of benzene rings is 1. The maximum atomic E-state index is 11.9. The number of para-hydroxylation sites is 1. The first kappa shape index (κ1) is 19.1. The summed E-state index contributed by atoms with van der Waals surface area (Å²) in [6.07, 6.45) is 0.810. The van der Waals surface area contributed by atoms with Crippen LogP contribution in [-0.2, 0) is 4.79 Å². The molecule has 1 amide bonds. The van der Waals surface area contributed by atoms with E-state index in [0.29, 0.717) is 5.96 Å². The highest BCUT2D eigenvalue weighted by molar-refractivity contribution is 5.85. The van der Waals surface area contributed by atoms with Gasteiger partial charge in [-0.15, -0.1) is 0 Å². The molecule has 138 valence electrons. The first-order valence-corrected chi connectivity index (χ1v) is 8.73. The molecule has 0 saturated heterocycles. The zero-order valence-corrected chi connectivity index (χ0v) is 16.1. The topological polar surface area (TPSA) is 66.0 Å². The van der Waals surface area contributed by atoms with Gasteiger partial charge in [-0.3, -0.25) is 4.79 Å². The van der Waals surface area contributed by atoms with Crippen molar-refractivity contribution in [1.29, 1.82) is 0 Å². The smallest absolute Gasteiger partial charge is 0.243 e. The summed E-state index contributed by atoms with van der Waals surface area (Å²) < 4.78 is 6.08. The number of carbonyl (C=O) groups is 1. The molecule has 1 aromatic rings. The summed E-state index contributed by atoms with van der Waals surface area (Å²) >= 11 is 0. The normalized spacial score (nSPS) is 19.0. The zero-order chi connectivity index (χ0) is 18.6. The molecule has 0 aromatic heterocycles. The van der Waals surface area contributed by atoms with Gasteiger partial charge in [0.15, 0.2) is 5.96 Å². The third kappa shape index (κ3) is 5.37. The van der Waals surface area contributed by atoms with Crippen molar-refractivity contribution >= 4 is 11.9 Å². The molecule has 2 N–H and O–H groups in total. The SMILES string of the molecule is CC(C)NC(=NCC(=O)N(C)C)NC1CC(C)(C)Oc2ccccc21. The van der Waals surface area contributed by atoms with Crippen molar-refractivity contribution < 1.29 is 9.53 Å². The largest absolute Gasteiger partial charge is 0.487 e. The van der Waals surface area contributed by atoms with Gasteiger partial charge in [-0.05, 0) is 33.8 Å². The van der Waals surface area contributed by atoms with Gasteiger partial charge in [0, 0.05) is 32.1 Å². The molecule has 6 heteroatoms. The molecule has 6 nitrogen and oxygen atoms in total. The number of guanidine groups is 1. The Bertz CT molecular complexity index is 638. The molecule has 0 bridgehead atoms. The minimum Gasteiger partial charge on any atom is -0.487 e. The number of nitrogens with zero attached hydrogens (tertiary/aromatic N) is 2. The van der Waals surface area contributed by atoms with Gasteiger partial charge in [0.2, 0.25) is 5.91 Å². The van der Waals surface area contributed by atoms with E-state index < -0.39 is 0 Å². The summed E-state index contributed by atoms with van der Waals surface area (Å²) in [5, 5.41) is 6.79. The van der Waals surface area contributed by atoms with Crippen LogP contribution in [0.25, 0.3) is 0 Å². The van der Waals surface area contributed by atoms with Crippen molar-refractivity contribution in [3.05, 3.63) is 29.8 Å². The van der Waals surface area contributed by atoms with E-state index in [1.54, 1.807) is 19.0 Å². The maximum Gasteiger partial charge on any atom is 0.243 e. The number of likely N-dealkylation sites (N-methyl/N-ethyl adjacent to an activating group) is 1. The first-order chi connectivity index (χ1) is 11.7. The van der Waals surface area contributed by atoms with E-state index in [9.17, 15) is 4.79 Å². The fourth-order valence-corrected chi connectivity index (χ4v) is 2.79. The van der Waals surface area contributed by atoms with Crippen LogP contribution in [0.15, 0.2) is 29.3 Å². The summed E-state index contributed by atoms with van der Waals surface area (Å²) in [6, 6.07) is 8.34. The minimum atomic E-state index is -0.269. The lowest BCUT2D eigenvalue weighted by molar-refractivity contribution is -0.127. The average molecular weight is 346 g/mol. The molecule has 0 saturated carbocycles. The fourth-order valence-electron chi connectivity index (χ4n) is 2.79. The number of nitrogens with one attached hydrogen (secondary N) is 2. The van der Waals surface area contributed by atoms with Crippen molar-refractivity contribution in [2.75, 3.05) is 20.6 Å². The van der Waals surface area contributed by atoms with Crippen LogP contribution in [0.4, 0.5) is 0 Å². The van der Waals surface area contributed by atoms with Crippen LogP contribution in [0, 0.1) is 0 Å². The number of aliphatic imine (C=N–C) groups is 1. The molecule has 25 heavy (non-hydrogen) atoms. The van der Waals surface area contributed by atoms with E-state index in [1.807, 2.05) is 32.0 Å². The summed E-state index contributed by atoms with van der Waals surface area (Å²) in [6.45, 7) is 8.38. The number of ether oxygens (including phenoxy) is 1. The summed E-state index contributed by atoms with van der Waals surface area (Å²) in [4.78, 5) is 17.9. The average Bonchev–Trinajstić information content (AvgIpc) is 2.50. The van der Waals surface area contributed by atoms with Crippen molar-refractivity contribution in [2.45, 2.75) is 51.8 Å². The van der Waals surface area contributed by atoms with Crippen LogP contribution < -0.4 is 15.4 Å². The second-order valence-corrected chi connectivity index (χ2v) is 7.55. The molecule has 1 unspecified atom stereocenters. The highest BCUT2D eigenvalue weighted by atomic mass is 16.5. The number of amides is 1. The molecule has 0 fully saturated rings. The van der Waals surface area contributed by atoms with Crippen LogP contribution in [0.1, 0.15) is 45.7 Å². The van der Waals surface area contributed by atoms with Crippen LogP contribution in [0.2, 0.25) is 0 Å². The monoisotopic (exact) mass is 346 g/mol. The third-order valence-corrected chi connectivity index (χ3v) is 3.98. The standard InChI is InChI=1S/C19H30N4O2/c1-13(2)21-18(20-12-17(24)23(5)6)22-15-11-19(3,4)25-16-10-8-7-9-14(15)16/h7-10,13,15H,11-12H2,1-6H3,(H2,20,21,22). The van der Waals surface area contributed by atoms with E-state index >= 15 is 0 Å². The molecule has 1 aliphatic rings. The lowest BCUT2D eigenvalue weighted by Crippen LogP contribution is -2.47. The zero-order valence-electron chi connectivity index (χ0n) is 16.1. The molecule has 1 heterocycles.